The van der Waals surface area contributed by atoms with Crippen molar-refractivity contribution in [2.75, 3.05) is 20.1 Å². The van der Waals surface area contributed by atoms with Crippen molar-refractivity contribution < 1.29 is 8.78 Å². The average Bonchev–Trinajstić information content (AvgIpc) is 2.39. The average molecular weight is 287 g/mol. The van der Waals surface area contributed by atoms with E-state index in [-0.39, 0.29) is 6.54 Å². The minimum Gasteiger partial charge on any atom is -0.355 e. The predicted octanol–water partition coefficient (Wildman–Crippen LogP) is 2.60. The second kappa shape index (κ2) is 8.74. The molecule has 6 heteroatoms. The summed E-state index contributed by atoms with van der Waals surface area (Å²) in [4.78, 5) is 5.08. The molecule has 0 spiro atoms. The monoisotopic (exact) mass is 287 g/mol. The van der Waals surface area contributed by atoms with Crippen LogP contribution in [0.4, 0.5) is 8.78 Å². The van der Waals surface area contributed by atoms with E-state index < -0.39 is 6.43 Å². The fraction of sp³-hybridized carbons (Fsp3) is 0.462. The number of halogens is 2. The molecule has 19 heavy (non-hydrogen) atoms. The molecule has 0 aromatic heterocycles. The van der Waals surface area contributed by atoms with Crippen LogP contribution in [-0.4, -0.2) is 37.8 Å². The van der Waals surface area contributed by atoms with Crippen molar-refractivity contribution in [2.24, 2.45) is 4.99 Å². The summed E-state index contributed by atoms with van der Waals surface area (Å²) in [6.45, 7) is 2.34. The molecule has 0 aliphatic carbocycles. The maximum Gasteiger partial charge on any atom is 0.255 e. The van der Waals surface area contributed by atoms with Gasteiger partial charge in [-0.05, 0) is 12.1 Å². The highest BCUT2D eigenvalue weighted by Crippen LogP contribution is 2.21. The molecule has 1 unspecified atom stereocenters. The van der Waals surface area contributed by atoms with Crippen LogP contribution in [0.5, 0.6) is 0 Å². The molecule has 0 aliphatic heterocycles. The van der Waals surface area contributed by atoms with Gasteiger partial charge in [-0.25, -0.2) is 8.78 Å². The first-order valence-electron chi connectivity index (χ1n) is 6.06. The largest absolute Gasteiger partial charge is 0.355 e. The molecule has 106 valence electrons. The molecule has 0 saturated heterocycles. The number of nitrogens with one attached hydrogen (secondary N) is 2. The van der Waals surface area contributed by atoms with Crippen molar-refractivity contribution in [1.82, 2.24) is 10.6 Å². The van der Waals surface area contributed by atoms with Gasteiger partial charge in [-0.3, -0.25) is 4.99 Å². The van der Waals surface area contributed by atoms with E-state index in [4.69, 9.17) is 0 Å². The van der Waals surface area contributed by atoms with Crippen molar-refractivity contribution in [3.05, 3.63) is 30.3 Å². The third-order valence-corrected chi connectivity index (χ3v) is 3.40. The van der Waals surface area contributed by atoms with Crippen molar-refractivity contribution in [1.29, 1.82) is 0 Å². The second-order valence-corrected chi connectivity index (χ2v) is 5.48. The van der Waals surface area contributed by atoms with E-state index >= 15 is 0 Å². The summed E-state index contributed by atoms with van der Waals surface area (Å²) in [6.07, 6.45) is -2.38. The number of thioether (sulfide) groups is 1. The summed E-state index contributed by atoms with van der Waals surface area (Å²) in [7, 11) is 1.57. The Morgan fingerprint density at radius 3 is 2.42 bits per heavy atom. The van der Waals surface area contributed by atoms with Crippen LogP contribution in [0.3, 0.4) is 0 Å². The van der Waals surface area contributed by atoms with Crippen molar-refractivity contribution in [2.45, 2.75) is 23.5 Å². The van der Waals surface area contributed by atoms with Crippen LogP contribution in [0.2, 0.25) is 0 Å². The molecule has 1 aromatic carbocycles. The first-order chi connectivity index (χ1) is 9.11. The van der Waals surface area contributed by atoms with Gasteiger partial charge < -0.3 is 10.6 Å². The lowest BCUT2D eigenvalue weighted by Crippen LogP contribution is -2.41. The van der Waals surface area contributed by atoms with Gasteiger partial charge in [0.15, 0.2) is 5.96 Å². The van der Waals surface area contributed by atoms with Crippen LogP contribution in [-0.2, 0) is 0 Å². The number of hydrogen-bond acceptors (Lipinski definition) is 2. The van der Waals surface area contributed by atoms with Crippen LogP contribution in [0.1, 0.15) is 6.92 Å². The van der Waals surface area contributed by atoms with E-state index in [1.807, 2.05) is 30.3 Å². The number of guanidine groups is 1. The normalized spacial score (nSPS) is 13.4. The lowest BCUT2D eigenvalue weighted by Gasteiger charge is -2.15. The van der Waals surface area contributed by atoms with Crippen molar-refractivity contribution in [3.63, 3.8) is 0 Å². The Hall–Kier alpha value is -1.30. The van der Waals surface area contributed by atoms with E-state index in [0.717, 1.165) is 0 Å². The Labute approximate surface area is 116 Å². The smallest absolute Gasteiger partial charge is 0.255 e. The predicted molar refractivity (Wildman–Crippen MR) is 77.1 cm³/mol. The van der Waals surface area contributed by atoms with Gasteiger partial charge >= 0.3 is 0 Å². The molecule has 2 N–H and O–H groups in total. The maximum atomic E-state index is 12.1. The van der Waals surface area contributed by atoms with Gasteiger partial charge in [-0.1, -0.05) is 25.1 Å². The van der Waals surface area contributed by atoms with Crippen molar-refractivity contribution >= 4 is 17.7 Å². The van der Waals surface area contributed by atoms with E-state index in [1.165, 1.54) is 4.90 Å². The zero-order chi connectivity index (χ0) is 14.1. The molecule has 1 atom stereocenters. The summed E-state index contributed by atoms with van der Waals surface area (Å²) in [5.41, 5.74) is 0. The molecule has 0 heterocycles. The highest BCUT2D eigenvalue weighted by Gasteiger charge is 2.07. The van der Waals surface area contributed by atoms with E-state index in [9.17, 15) is 8.78 Å². The fourth-order valence-corrected chi connectivity index (χ4v) is 2.35. The van der Waals surface area contributed by atoms with Crippen LogP contribution in [0, 0.1) is 0 Å². The van der Waals surface area contributed by atoms with Gasteiger partial charge in [0.05, 0.1) is 6.54 Å². The molecule has 0 fully saturated rings. The van der Waals surface area contributed by atoms with Gasteiger partial charge in [0, 0.05) is 23.7 Å². The van der Waals surface area contributed by atoms with E-state index in [0.29, 0.717) is 17.8 Å². The van der Waals surface area contributed by atoms with Crippen LogP contribution >= 0.6 is 11.8 Å². The third kappa shape index (κ3) is 7.00. The second-order valence-electron chi connectivity index (χ2n) is 3.97. The maximum absolute atomic E-state index is 12.1. The van der Waals surface area contributed by atoms with Gasteiger partial charge in [0.2, 0.25) is 0 Å². The minimum atomic E-state index is -2.38. The molecule has 1 rings (SSSR count). The first-order valence-corrected chi connectivity index (χ1v) is 6.94. The van der Waals surface area contributed by atoms with Gasteiger partial charge in [0.1, 0.15) is 0 Å². The lowest BCUT2D eigenvalue weighted by atomic mass is 10.4. The van der Waals surface area contributed by atoms with Gasteiger partial charge in [0.25, 0.3) is 6.43 Å². The Kier molecular flexibility index (Phi) is 7.25. The van der Waals surface area contributed by atoms with Crippen LogP contribution in [0.15, 0.2) is 40.2 Å². The molecule has 0 amide bonds. The first kappa shape index (κ1) is 15.8. The number of hydrogen-bond donors (Lipinski definition) is 2. The number of benzene rings is 1. The quantitative estimate of drug-likeness (QED) is 0.480. The lowest BCUT2D eigenvalue weighted by molar-refractivity contribution is 0.152. The summed E-state index contributed by atoms with van der Waals surface area (Å²) < 4.78 is 24.1. The Morgan fingerprint density at radius 2 is 1.84 bits per heavy atom. The number of rotatable bonds is 6. The summed E-state index contributed by atoms with van der Waals surface area (Å²) in [5, 5.41) is 5.91. The Balaban J connectivity index is 2.30. The Bertz CT molecular complexity index is 385. The summed E-state index contributed by atoms with van der Waals surface area (Å²) >= 11 is 1.73. The SMILES string of the molecule is CN=C(NCC(F)F)NCC(C)Sc1ccccc1. The van der Waals surface area contributed by atoms with E-state index in [1.54, 1.807) is 18.8 Å². The number of alkyl halides is 2. The fourth-order valence-electron chi connectivity index (χ4n) is 1.41. The Morgan fingerprint density at radius 1 is 1.21 bits per heavy atom. The van der Waals surface area contributed by atoms with Gasteiger partial charge in [-0.2, -0.15) is 0 Å². The molecule has 3 nitrogen and oxygen atoms in total. The standard InChI is InChI=1S/C13H19F2N3S/c1-10(19-11-6-4-3-5-7-11)8-17-13(16-2)18-9-12(14)15/h3-7,10,12H,8-9H2,1-2H3,(H2,16,17,18). The molecule has 0 aliphatic rings. The summed E-state index contributed by atoms with van der Waals surface area (Å²) in [5.74, 6) is 0.404. The van der Waals surface area contributed by atoms with E-state index in [2.05, 4.69) is 22.5 Å². The summed E-state index contributed by atoms with van der Waals surface area (Å²) in [6, 6.07) is 10.1. The number of nitrogens with zero attached hydrogens (tertiary/aromatic N) is 1. The van der Waals surface area contributed by atoms with Crippen LogP contribution in [0.25, 0.3) is 0 Å². The molecule has 0 saturated carbocycles. The van der Waals surface area contributed by atoms with Crippen LogP contribution < -0.4 is 10.6 Å². The minimum absolute atomic E-state index is 0.312. The highest BCUT2D eigenvalue weighted by molar-refractivity contribution is 8.00. The zero-order valence-electron chi connectivity index (χ0n) is 11.1. The topological polar surface area (TPSA) is 36.4 Å². The number of aliphatic imine (C=N–C) groups is 1. The zero-order valence-corrected chi connectivity index (χ0v) is 11.9. The highest BCUT2D eigenvalue weighted by atomic mass is 32.2. The molecular formula is C13H19F2N3S. The van der Waals surface area contributed by atoms with Crippen molar-refractivity contribution in [3.8, 4) is 0 Å². The third-order valence-electron chi connectivity index (χ3n) is 2.28. The molecule has 0 radical (unpaired) electrons. The molecular weight excluding hydrogens is 268 g/mol. The molecule has 0 bridgehead atoms. The molecule has 1 aromatic rings. The van der Waals surface area contributed by atoms with Gasteiger partial charge in [-0.15, -0.1) is 11.8 Å².